The molecule has 4 rings (SSSR count). The first-order valence-electron chi connectivity index (χ1n) is 7.38. The van der Waals surface area contributed by atoms with Crippen molar-refractivity contribution in [3.05, 3.63) is 65.4 Å². The van der Waals surface area contributed by atoms with Gasteiger partial charge >= 0.3 is 0 Å². The van der Waals surface area contributed by atoms with Gasteiger partial charge in [-0.05, 0) is 30.2 Å². The number of benzene rings is 2. The highest BCUT2D eigenvalue weighted by atomic mass is 16.3. The summed E-state index contributed by atoms with van der Waals surface area (Å²) < 4.78 is 0. The summed E-state index contributed by atoms with van der Waals surface area (Å²) in [6.07, 6.45) is 2.57. The van der Waals surface area contributed by atoms with E-state index in [2.05, 4.69) is 17.2 Å². The summed E-state index contributed by atoms with van der Waals surface area (Å²) in [5.74, 6) is -0.402. The van der Waals surface area contributed by atoms with Gasteiger partial charge in [-0.15, -0.1) is 0 Å². The number of rotatable bonds is 2. The van der Waals surface area contributed by atoms with Crippen LogP contribution in [0.4, 0.5) is 5.69 Å². The molecular weight excluding hydrogens is 276 g/mol. The van der Waals surface area contributed by atoms with Crippen molar-refractivity contribution in [1.82, 2.24) is 4.98 Å². The Morgan fingerprint density at radius 1 is 1.14 bits per heavy atom. The third-order valence-electron chi connectivity index (χ3n) is 4.44. The molecule has 1 amide bonds. The molecule has 1 aliphatic heterocycles. The quantitative estimate of drug-likeness (QED) is 0.680. The number of nitrogens with one attached hydrogen (secondary N) is 2. The van der Waals surface area contributed by atoms with Gasteiger partial charge in [0.1, 0.15) is 0 Å². The molecule has 3 aromatic rings. The van der Waals surface area contributed by atoms with Crippen LogP contribution in [0.15, 0.2) is 48.7 Å². The highest BCUT2D eigenvalue weighted by Gasteiger charge is 2.48. The lowest BCUT2D eigenvalue weighted by molar-refractivity contribution is -0.129. The maximum atomic E-state index is 12.5. The first kappa shape index (κ1) is 13.1. The lowest BCUT2D eigenvalue weighted by atomic mass is 9.86. The van der Waals surface area contributed by atoms with E-state index in [0.29, 0.717) is 16.8 Å². The van der Waals surface area contributed by atoms with Crippen molar-refractivity contribution in [3.63, 3.8) is 0 Å². The minimum Gasteiger partial charge on any atom is -0.372 e. The van der Waals surface area contributed by atoms with Crippen molar-refractivity contribution < 1.29 is 9.90 Å². The van der Waals surface area contributed by atoms with E-state index in [9.17, 15) is 9.90 Å². The van der Waals surface area contributed by atoms with E-state index in [4.69, 9.17) is 0 Å². The molecule has 0 radical (unpaired) electrons. The van der Waals surface area contributed by atoms with Crippen LogP contribution in [0.25, 0.3) is 10.9 Å². The highest BCUT2D eigenvalue weighted by molar-refractivity contribution is 6.09. The maximum absolute atomic E-state index is 12.5. The standard InChI is InChI=1S/C18H16N2O2/c1-2-11-7-8-16-13(9-11)18(22,17(21)20-16)14-10-19-15-6-4-3-5-12(14)15/h3-10,19,22H,2H2,1H3,(H,20,21)/t18-/m1/s1. The molecule has 0 unspecified atom stereocenters. The summed E-state index contributed by atoms with van der Waals surface area (Å²) in [6.45, 7) is 2.05. The monoisotopic (exact) mass is 292 g/mol. The van der Waals surface area contributed by atoms with Crippen LogP contribution in [-0.2, 0) is 16.8 Å². The summed E-state index contributed by atoms with van der Waals surface area (Å²) in [5, 5.41) is 14.9. The molecule has 2 aromatic carbocycles. The number of hydrogen-bond acceptors (Lipinski definition) is 2. The van der Waals surface area contributed by atoms with Crippen molar-refractivity contribution in [1.29, 1.82) is 0 Å². The van der Waals surface area contributed by atoms with Gasteiger partial charge in [0.2, 0.25) is 0 Å². The molecule has 22 heavy (non-hydrogen) atoms. The van der Waals surface area contributed by atoms with Crippen LogP contribution in [-0.4, -0.2) is 16.0 Å². The Kier molecular flexibility index (Phi) is 2.65. The Bertz CT molecular complexity index is 897. The number of hydrogen-bond donors (Lipinski definition) is 3. The summed E-state index contributed by atoms with van der Waals surface area (Å²) >= 11 is 0. The minimum absolute atomic E-state index is 0.402. The second-order valence-electron chi connectivity index (χ2n) is 5.65. The predicted molar refractivity (Wildman–Crippen MR) is 85.7 cm³/mol. The van der Waals surface area contributed by atoms with Gasteiger partial charge in [0, 0.05) is 33.9 Å². The second kappa shape index (κ2) is 4.45. The van der Waals surface area contributed by atoms with Gasteiger partial charge < -0.3 is 15.4 Å². The van der Waals surface area contributed by atoms with E-state index < -0.39 is 11.5 Å². The zero-order valence-electron chi connectivity index (χ0n) is 12.2. The first-order chi connectivity index (χ1) is 10.6. The van der Waals surface area contributed by atoms with Gasteiger partial charge in [0.05, 0.1) is 0 Å². The molecule has 1 aromatic heterocycles. The number of fused-ring (bicyclic) bond motifs is 2. The molecule has 1 atom stereocenters. The third kappa shape index (κ3) is 1.58. The molecule has 4 heteroatoms. The van der Waals surface area contributed by atoms with E-state index in [-0.39, 0.29) is 0 Å². The van der Waals surface area contributed by atoms with Crippen LogP contribution in [0.3, 0.4) is 0 Å². The van der Waals surface area contributed by atoms with E-state index >= 15 is 0 Å². The fraction of sp³-hybridized carbons (Fsp3) is 0.167. The van der Waals surface area contributed by atoms with Crippen molar-refractivity contribution >= 4 is 22.5 Å². The third-order valence-corrected chi connectivity index (χ3v) is 4.44. The fourth-order valence-electron chi connectivity index (χ4n) is 3.19. The number of carbonyl (C=O) groups excluding carboxylic acids is 1. The summed E-state index contributed by atoms with van der Waals surface area (Å²) in [4.78, 5) is 15.6. The van der Waals surface area contributed by atoms with Crippen molar-refractivity contribution in [3.8, 4) is 0 Å². The molecule has 0 fully saturated rings. The van der Waals surface area contributed by atoms with E-state index in [1.807, 2.05) is 42.5 Å². The lowest BCUT2D eigenvalue weighted by Crippen LogP contribution is -2.35. The molecule has 0 spiro atoms. The summed E-state index contributed by atoms with van der Waals surface area (Å²) in [7, 11) is 0. The fourth-order valence-corrected chi connectivity index (χ4v) is 3.19. The highest BCUT2D eigenvalue weighted by Crippen LogP contribution is 2.43. The summed E-state index contributed by atoms with van der Waals surface area (Å²) in [5.41, 5.74) is 2.23. The molecule has 0 saturated heterocycles. The Hall–Kier alpha value is -2.59. The van der Waals surface area contributed by atoms with Crippen molar-refractivity contribution in [2.24, 2.45) is 0 Å². The van der Waals surface area contributed by atoms with Crippen LogP contribution < -0.4 is 5.32 Å². The van der Waals surface area contributed by atoms with Crippen molar-refractivity contribution in [2.45, 2.75) is 18.9 Å². The lowest BCUT2D eigenvalue weighted by Gasteiger charge is -2.21. The van der Waals surface area contributed by atoms with Crippen molar-refractivity contribution in [2.75, 3.05) is 5.32 Å². The van der Waals surface area contributed by atoms with Gasteiger partial charge in [-0.1, -0.05) is 31.2 Å². The molecule has 0 bridgehead atoms. The van der Waals surface area contributed by atoms with E-state index in [0.717, 1.165) is 22.9 Å². The summed E-state index contributed by atoms with van der Waals surface area (Å²) in [6, 6.07) is 13.4. The Balaban J connectivity index is 2.00. The van der Waals surface area contributed by atoms with Gasteiger partial charge in [-0.25, -0.2) is 0 Å². The molecule has 4 nitrogen and oxygen atoms in total. The smallest absolute Gasteiger partial charge is 0.265 e. The van der Waals surface area contributed by atoms with Gasteiger partial charge in [-0.2, -0.15) is 0 Å². The molecule has 2 heterocycles. The number of amides is 1. The van der Waals surface area contributed by atoms with E-state index in [1.54, 1.807) is 6.20 Å². The first-order valence-corrected chi connectivity index (χ1v) is 7.38. The van der Waals surface area contributed by atoms with Crippen LogP contribution in [0.5, 0.6) is 0 Å². The average molecular weight is 292 g/mol. The largest absolute Gasteiger partial charge is 0.372 e. The van der Waals surface area contributed by atoms with Crippen LogP contribution in [0.2, 0.25) is 0 Å². The molecular formula is C18H16N2O2. The minimum atomic E-state index is -1.65. The van der Waals surface area contributed by atoms with Gasteiger partial charge in [0.15, 0.2) is 5.60 Å². The zero-order valence-corrected chi connectivity index (χ0v) is 12.2. The van der Waals surface area contributed by atoms with E-state index in [1.165, 1.54) is 0 Å². The Morgan fingerprint density at radius 3 is 2.77 bits per heavy atom. The number of aryl methyl sites for hydroxylation is 1. The second-order valence-corrected chi connectivity index (χ2v) is 5.65. The number of para-hydroxylation sites is 1. The number of anilines is 1. The van der Waals surface area contributed by atoms with Gasteiger partial charge in [-0.3, -0.25) is 4.79 Å². The number of aliphatic hydroxyl groups is 1. The molecule has 1 aliphatic rings. The molecule has 110 valence electrons. The van der Waals surface area contributed by atoms with Gasteiger partial charge in [0.25, 0.3) is 5.91 Å². The molecule has 0 saturated carbocycles. The number of aromatic nitrogens is 1. The maximum Gasteiger partial charge on any atom is 0.265 e. The SMILES string of the molecule is CCc1ccc2c(c1)[C@@](O)(c1c[nH]c3ccccc13)C(=O)N2. The normalized spacial score (nSPS) is 20.2. The predicted octanol–water partition coefficient (Wildman–Crippen LogP) is 2.92. The van der Waals surface area contributed by atoms with Crippen LogP contribution in [0, 0.1) is 0 Å². The number of carbonyl (C=O) groups is 1. The van der Waals surface area contributed by atoms with Crippen LogP contribution in [0.1, 0.15) is 23.6 Å². The Morgan fingerprint density at radius 2 is 1.95 bits per heavy atom. The van der Waals surface area contributed by atoms with Crippen LogP contribution >= 0.6 is 0 Å². The zero-order chi connectivity index (χ0) is 15.3. The number of aromatic amines is 1. The Labute approximate surface area is 127 Å². The topological polar surface area (TPSA) is 65.1 Å². The number of H-pyrrole nitrogens is 1. The average Bonchev–Trinajstić information content (AvgIpc) is 3.08. The molecule has 3 N–H and O–H groups in total. The molecule has 0 aliphatic carbocycles.